The van der Waals surface area contributed by atoms with E-state index in [-0.39, 0.29) is 11.2 Å². The minimum absolute atomic E-state index is 0.00272. The molecule has 0 saturated heterocycles. The summed E-state index contributed by atoms with van der Waals surface area (Å²) in [5.41, 5.74) is 4.11. The molecule has 0 fully saturated rings. The molecule has 1 N–H and O–H groups in total. The monoisotopic (exact) mass is 413 g/mol. The van der Waals surface area contributed by atoms with E-state index < -0.39 is 0 Å². The smallest absolute Gasteiger partial charge is 0.235 e. The number of hydrogen-bond donors (Lipinski definition) is 1. The number of fused-ring (bicyclic) bond motifs is 1. The van der Waals surface area contributed by atoms with Crippen LogP contribution in [0.1, 0.15) is 22.1 Å². The van der Waals surface area contributed by atoms with Crippen molar-refractivity contribution < 1.29 is 4.79 Å². The molecule has 4 rings (SSSR count). The highest BCUT2D eigenvalue weighted by molar-refractivity contribution is 9.10. The number of thioether (sulfide) groups is 1. The number of para-hydroxylation sites is 1. The number of nitrogens with zero attached hydrogens (tertiary/aromatic N) is 2. The topological polar surface area (TPSA) is 46.9 Å². The first-order valence-electron chi connectivity index (χ1n) is 7.95. The maximum absolute atomic E-state index is 12.3. The Morgan fingerprint density at radius 3 is 2.60 bits per heavy atom. The van der Waals surface area contributed by atoms with Crippen LogP contribution >= 0.6 is 27.7 Å². The van der Waals surface area contributed by atoms with Gasteiger partial charge in [0.25, 0.3) is 0 Å². The van der Waals surface area contributed by atoms with Crippen molar-refractivity contribution >= 4 is 39.4 Å². The van der Waals surface area contributed by atoms with Gasteiger partial charge in [-0.3, -0.25) is 4.79 Å². The molecule has 4 nitrogen and oxygen atoms in total. The molecule has 1 aliphatic heterocycles. The van der Waals surface area contributed by atoms with E-state index in [4.69, 9.17) is 5.10 Å². The van der Waals surface area contributed by atoms with Gasteiger partial charge >= 0.3 is 0 Å². The highest BCUT2D eigenvalue weighted by Gasteiger charge is 2.30. The second kappa shape index (κ2) is 6.69. The normalized spacial score (nSPS) is 16.9. The molecular formula is C19H16BrN3OS. The molecule has 2 aromatic carbocycles. The molecule has 0 spiro atoms. The number of nitrogens with one attached hydrogen (secondary N) is 1. The summed E-state index contributed by atoms with van der Waals surface area (Å²) in [6.45, 7) is 2.00. The molecule has 126 valence electrons. The minimum atomic E-state index is 0.00272. The number of halogens is 1. The number of aryl methyl sites for hydroxylation is 1. The highest BCUT2D eigenvalue weighted by Crippen LogP contribution is 2.43. The van der Waals surface area contributed by atoms with Gasteiger partial charge in [-0.2, -0.15) is 5.10 Å². The van der Waals surface area contributed by atoms with Gasteiger partial charge in [0.05, 0.1) is 22.4 Å². The summed E-state index contributed by atoms with van der Waals surface area (Å²) in [5.74, 6) is 1.19. The fraction of sp³-hybridized carbons (Fsp3) is 0.158. The predicted octanol–water partition coefficient (Wildman–Crippen LogP) is 4.72. The Hall–Kier alpha value is -2.05. The van der Waals surface area contributed by atoms with Crippen molar-refractivity contribution in [1.82, 2.24) is 9.78 Å². The Morgan fingerprint density at radius 2 is 1.88 bits per heavy atom. The lowest BCUT2D eigenvalue weighted by molar-refractivity contribution is -0.113. The molecule has 1 atom stereocenters. The van der Waals surface area contributed by atoms with Crippen LogP contribution in [-0.2, 0) is 4.79 Å². The van der Waals surface area contributed by atoms with Gasteiger partial charge < -0.3 is 5.32 Å². The van der Waals surface area contributed by atoms with Crippen molar-refractivity contribution in [2.24, 2.45) is 0 Å². The van der Waals surface area contributed by atoms with Crippen LogP contribution in [0.5, 0.6) is 0 Å². The number of rotatable bonds is 2. The van der Waals surface area contributed by atoms with Gasteiger partial charge in [-0.25, -0.2) is 4.68 Å². The summed E-state index contributed by atoms with van der Waals surface area (Å²) in [5, 5.41) is 7.83. The van der Waals surface area contributed by atoms with E-state index in [2.05, 4.69) is 33.4 Å². The molecule has 0 radical (unpaired) electrons. The molecule has 3 aromatic rings. The number of carbonyl (C=O) groups excluding carboxylic acids is 1. The van der Waals surface area contributed by atoms with Crippen molar-refractivity contribution in [2.75, 3.05) is 11.1 Å². The third-order valence-electron chi connectivity index (χ3n) is 4.18. The van der Waals surface area contributed by atoms with Gasteiger partial charge in [-0.1, -0.05) is 46.3 Å². The van der Waals surface area contributed by atoms with Gasteiger partial charge in [-0.15, -0.1) is 11.8 Å². The molecular weight excluding hydrogens is 398 g/mol. The third-order valence-corrected chi connectivity index (χ3v) is 5.98. The number of anilines is 1. The Bertz CT molecular complexity index is 922. The Balaban J connectivity index is 1.88. The number of amides is 1. The largest absolute Gasteiger partial charge is 0.310 e. The third kappa shape index (κ3) is 3.12. The fourth-order valence-corrected chi connectivity index (χ4v) is 4.49. The molecule has 0 unspecified atom stereocenters. The maximum atomic E-state index is 12.3. The second-order valence-electron chi connectivity index (χ2n) is 5.89. The zero-order valence-corrected chi connectivity index (χ0v) is 16.0. The van der Waals surface area contributed by atoms with Gasteiger partial charge in [0, 0.05) is 10.0 Å². The van der Waals surface area contributed by atoms with E-state index >= 15 is 0 Å². The van der Waals surface area contributed by atoms with E-state index in [0.29, 0.717) is 5.75 Å². The standard InChI is InChI=1S/C19H16BrN3OS/c1-12-17-18(13-7-9-14(20)10-8-13)25-11-16(24)21-19(17)23(22-12)15-5-3-2-4-6-15/h2-10,18H,11H2,1H3,(H,21,24)/t18-/m1/s1. The Kier molecular flexibility index (Phi) is 4.39. The van der Waals surface area contributed by atoms with Crippen molar-refractivity contribution in [1.29, 1.82) is 0 Å². The number of benzene rings is 2. The van der Waals surface area contributed by atoms with E-state index in [9.17, 15) is 4.79 Å². The van der Waals surface area contributed by atoms with Gasteiger partial charge in [0.15, 0.2) is 0 Å². The molecule has 1 aromatic heterocycles. The number of aromatic nitrogens is 2. The van der Waals surface area contributed by atoms with E-state index in [1.54, 1.807) is 11.8 Å². The van der Waals surface area contributed by atoms with Crippen LogP contribution in [0.25, 0.3) is 5.69 Å². The van der Waals surface area contributed by atoms with Crippen LogP contribution < -0.4 is 5.32 Å². The lowest BCUT2D eigenvalue weighted by Crippen LogP contribution is -2.15. The van der Waals surface area contributed by atoms with Crippen molar-refractivity contribution in [3.05, 3.63) is 75.9 Å². The number of carbonyl (C=O) groups is 1. The van der Waals surface area contributed by atoms with E-state index in [1.807, 2.05) is 54.1 Å². The molecule has 1 aliphatic rings. The van der Waals surface area contributed by atoms with Crippen LogP contribution in [-0.4, -0.2) is 21.4 Å². The average molecular weight is 414 g/mol. The average Bonchev–Trinajstić information content (AvgIpc) is 2.83. The van der Waals surface area contributed by atoms with Crippen molar-refractivity contribution in [2.45, 2.75) is 12.2 Å². The maximum Gasteiger partial charge on any atom is 0.235 e. The zero-order valence-electron chi connectivity index (χ0n) is 13.6. The van der Waals surface area contributed by atoms with Crippen molar-refractivity contribution in [3.63, 3.8) is 0 Å². The lowest BCUT2D eigenvalue weighted by Gasteiger charge is -2.15. The van der Waals surface area contributed by atoms with Gasteiger partial charge in [0.1, 0.15) is 5.82 Å². The summed E-state index contributed by atoms with van der Waals surface area (Å²) in [6.07, 6.45) is 0. The SMILES string of the molecule is Cc1nn(-c2ccccc2)c2c1[C@@H](c1ccc(Br)cc1)SCC(=O)N2. The zero-order chi connectivity index (χ0) is 17.4. The predicted molar refractivity (Wildman–Crippen MR) is 105 cm³/mol. The molecule has 25 heavy (non-hydrogen) atoms. The summed E-state index contributed by atoms with van der Waals surface area (Å²) >= 11 is 5.12. The first-order chi connectivity index (χ1) is 12.1. The fourth-order valence-electron chi connectivity index (χ4n) is 3.04. The second-order valence-corrected chi connectivity index (χ2v) is 7.89. The number of hydrogen-bond acceptors (Lipinski definition) is 3. The Labute approximate surface area is 158 Å². The minimum Gasteiger partial charge on any atom is -0.310 e. The molecule has 0 aliphatic carbocycles. The van der Waals surface area contributed by atoms with Crippen LogP contribution in [0.4, 0.5) is 5.82 Å². The van der Waals surface area contributed by atoms with E-state index in [1.165, 1.54) is 5.56 Å². The summed E-state index contributed by atoms with van der Waals surface area (Å²) in [6, 6.07) is 18.2. The van der Waals surface area contributed by atoms with Crippen LogP contribution in [0.15, 0.2) is 59.1 Å². The van der Waals surface area contributed by atoms with E-state index in [0.717, 1.165) is 27.2 Å². The highest BCUT2D eigenvalue weighted by atomic mass is 79.9. The lowest BCUT2D eigenvalue weighted by atomic mass is 10.0. The van der Waals surface area contributed by atoms with Crippen LogP contribution in [0.3, 0.4) is 0 Å². The van der Waals surface area contributed by atoms with Gasteiger partial charge in [0.2, 0.25) is 5.91 Å². The summed E-state index contributed by atoms with van der Waals surface area (Å²) in [7, 11) is 0. The first kappa shape index (κ1) is 16.4. The van der Waals surface area contributed by atoms with Crippen LogP contribution in [0, 0.1) is 6.92 Å². The molecule has 1 amide bonds. The molecule has 6 heteroatoms. The molecule has 2 heterocycles. The quantitative estimate of drug-likeness (QED) is 0.660. The van der Waals surface area contributed by atoms with Gasteiger partial charge in [-0.05, 0) is 36.8 Å². The molecule has 0 saturated carbocycles. The first-order valence-corrected chi connectivity index (χ1v) is 9.79. The van der Waals surface area contributed by atoms with Crippen LogP contribution in [0.2, 0.25) is 0 Å². The Morgan fingerprint density at radius 1 is 1.16 bits per heavy atom. The summed E-state index contributed by atoms with van der Waals surface area (Å²) < 4.78 is 2.88. The van der Waals surface area contributed by atoms with Crippen molar-refractivity contribution in [3.8, 4) is 5.69 Å². The summed E-state index contributed by atoms with van der Waals surface area (Å²) in [4.78, 5) is 12.3. The molecule has 0 bridgehead atoms.